The Morgan fingerprint density at radius 1 is 1.42 bits per heavy atom. The van der Waals surface area contributed by atoms with Gasteiger partial charge in [-0.3, -0.25) is 4.79 Å². The van der Waals surface area contributed by atoms with E-state index in [0.29, 0.717) is 15.7 Å². The summed E-state index contributed by atoms with van der Waals surface area (Å²) in [5, 5.41) is 6.83. The zero-order chi connectivity index (χ0) is 14.0. The van der Waals surface area contributed by atoms with E-state index in [0.717, 1.165) is 18.7 Å². The van der Waals surface area contributed by atoms with Gasteiger partial charge in [0.2, 0.25) is 5.91 Å². The SMILES string of the molecule is Cc1cc(Cl)c(NC(=O)COC2(C)CNC2)cc1Cl. The quantitative estimate of drug-likeness (QED) is 0.899. The summed E-state index contributed by atoms with van der Waals surface area (Å²) < 4.78 is 5.54. The van der Waals surface area contributed by atoms with Crippen LogP contribution in [0.15, 0.2) is 12.1 Å². The predicted molar refractivity (Wildman–Crippen MR) is 77.1 cm³/mol. The van der Waals surface area contributed by atoms with Crippen molar-refractivity contribution < 1.29 is 9.53 Å². The first kappa shape index (κ1) is 14.6. The second-order valence-corrected chi connectivity index (χ2v) is 5.79. The van der Waals surface area contributed by atoms with Crippen LogP contribution in [0.1, 0.15) is 12.5 Å². The minimum Gasteiger partial charge on any atom is -0.363 e. The van der Waals surface area contributed by atoms with Crippen molar-refractivity contribution in [3.8, 4) is 0 Å². The Labute approximate surface area is 122 Å². The van der Waals surface area contributed by atoms with E-state index < -0.39 is 0 Å². The largest absolute Gasteiger partial charge is 0.363 e. The third-order valence-electron chi connectivity index (χ3n) is 3.07. The molecule has 0 spiro atoms. The van der Waals surface area contributed by atoms with Crippen LogP contribution < -0.4 is 10.6 Å². The first-order chi connectivity index (χ1) is 8.89. The minimum absolute atomic E-state index is 0.00000433. The molecule has 2 N–H and O–H groups in total. The number of benzene rings is 1. The van der Waals surface area contributed by atoms with Crippen LogP contribution in [0.2, 0.25) is 10.0 Å². The molecular weight excluding hydrogens is 287 g/mol. The van der Waals surface area contributed by atoms with Gasteiger partial charge in [-0.05, 0) is 31.5 Å². The summed E-state index contributed by atoms with van der Waals surface area (Å²) in [5.41, 5.74) is 1.13. The molecule has 1 aliphatic heterocycles. The van der Waals surface area contributed by atoms with Gasteiger partial charge in [0.1, 0.15) is 6.61 Å². The fourth-order valence-corrected chi connectivity index (χ4v) is 2.18. The zero-order valence-corrected chi connectivity index (χ0v) is 12.4. The number of hydrogen-bond donors (Lipinski definition) is 2. The smallest absolute Gasteiger partial charge is 0.250 e. The highest BCUT2D eigenvalue weighted by molar-refractivity contribution is 6.36. The van der Waals surface area contributed by atoms with Gasteiger partial charge < -0.3 is 15.4 Å². The van der Waals surface area contributed by atoms with Crippen LogP contribution in [0.5, 0.6) is 0 Å². The van der Waals surface area contributed by atoms with Gasteiger partial charge in [0, 0.05) is 18.1 Å². The van der Waals surface area contributed by atoms with Crippen molar-refractivity contribution in [3.05, 3.63) is 27.7 Å². The lowest BCUT2D eigenvalue weighted by atomic mass is 10.0. The molecule has 0 aromatic heterocycles. The molecule has 0 unspecified atom stereocenters. The van der Waals surface area contributed by atoms with Crippen LogP contribution in [0, 0.1) is 6.92 Å². The number of aryl methyl sites for hydroxylation is 1. The first-order valence-corrected chi connectivity index (χ1v) is 6.75. The van der Waals surface area contributed by atoms with E-state index in [1.165, 1.54) is 0 Å². The fourth-order valence-electron chi connectivity index (χ4n) is 1.75. The molecule has 2 rings (SSSR count). The van der Waals surface area contributed by atoms with E-state index >= 15 is 0 Å². The van der Waals surface area contributed by atoms with Crippen LogP contribution in [-0.4, -0.2) is 31.2 Å². The predicted octanol–water partition coefficient (Wildman–Crippen LogP) is 2.62. The number of anilines is 1. The standard InChI is InChI=1S/C13H16Cl2N2O2/c1-8-3-10(15)11(4-9(8)14)17-12(18)5-19-13(2)6-16-7-13/h3-4,16H,5-7H2,1-2H3,(H,17,18). The Bertz CT molecular complexity index is 502. The Balaban J connectivity index is 1.93. The molecule has 4 nitrogen and oxygen atoms in total. The van der Waals surface area contributed by atoms with E-state index in [9.17, 15) is 4.79 Å². The van der Waals surface area contributed by atoms with Crippen molar-refractivity contribution in [2.45, 2.75) is 19.4 Å². The molecule has 0 radical (unpaired) electrons. The molecule has 19 heavy (non-hydrogen) atoms. The van der Waals surface area contributed by atoms with E-state index in [4.69, 9.17) is 27.9 Å². The van der Waals surface area contributed by atoms with Gasteiger partial charge in [-0.2, -0.15) is 0 Å². The number of rotatable bonds is 4. The number of halogens is 2. The lowest BCUT2D eigenvalue weighted by molar-refractivity contribution is -0.130. The van der Waals surface area contributed by atoms with Gasteiger partial charge in [0.15, 0.2) is 0 Å². The summed E-state index contributed by atoms with van der Waals surface area (Å²) in [7, 11) is 0. The van der Waals surface area contributed by atoms with Crippen molar-refractivity contribution in [2.75, 3.05) is 25.0 Å². The molecule has 104 valence electrons. The van der Waals surface area contributed by atoms with Crippen LogP contribution in [-0.2, 0) is 9.53 Å². The van der Waals surface area contributed by atoms with Crippen molar-refractivity contribution in [1.82, 2.24) is 5.32 Å². The van der Waals surface area contributed by atoms with E-state index in [1.54, 1.807) is 12.1 Å². The highest BCUT2D eigenvalue weighted by Crippen LogP contribution is 2.28. The number of carbonyl (C=O) groups excluding carboxylic acids is 1. The molecule has 1 saturated heterocycles. The Kier molecular flexibility index (Phi) is 4.36. The van der Waals surface area contributed by atoms with Crippen LogP contribution in [0.25, 0.3) is 0 Å². The maximum absolute atomic E-state index is 11.8. The normalized spacial score (nSPS) is 16.8. The molecule has 0 bridgehead atoms. The number of hydrogen-bond acceptors (Lipinski definition) is 3. The van der Waals surface area contributed by atoms with E-state index in [-0.39, 0.29) is 18.1 Å². The van der Waals surface area contributed by atoms with Crippen molar-refractivity contribution in [2.24, 2.45) is 0 Å². The highest BCUT2D eigenvalue weighted by Gasteiger charge is 2.33. The van der Waals surface area contributed by atoms with Crippen LogP contribution in [0.3, 0.4) is 0 Å². The molecule has 1 heterocycles. The van der Waals surface area contributed by atoms with Crippen molar-refractivity contribution in [3.63, 3.8) is 0 Å². The molecule has 0 aliphatic carbocycles. The molecule has 1 aromatic carbocycles. The van der Waals surface area contributed by atoms with Crippen LogP contribution in [0.4, 0.5) is 5.69 Å². The third-order valence-corrected chi connectivity index (χ3v) is 3.79. The molecule has 6 heteroatoms. The van der Waals surface area contributed by atoms with Crippen LogP contribution >= 0.6 is 23.2 Å². The maximum atomic E-state index is 11.8. The maximum Gasteiger partial charge on any atom is 0.250 e. The highest BCUT2D eigenvalue weighted by atomic mass is 35.5. The first-order valence-electron chi connectivity index (χ1n) is 6.00. The van der Waals surface area contributed by atoms with E-state index in [2.05, 4.69) is 10.6 Å². The third kappa shape index (κ3) is 3.60. The van der Waals surface area contributed by atoms with Gasteiger partial charge in [0.05, 0.1) is 16.3 Å². The molecule has 0 saturated carbocycles. The van der Waals surface area contributed by atoms with Crippen molar-refractivity contribution in [1.29, 1.82) is 0 Å². The fraction of sp³-hybridized carbons (Fsp3) is 0.462. The van der Waals surface area contributed by atoms with Crippen molar-refractivity contribution >= 4 is 34.8 Å². The molecule has 1 aromatic rings. The number of carbonyl (C=O) groups is 1. The van der Waals surface area contributed by atoms with Gasteiger partial charge >= 0.3 is 0 Å². The lowest BCUT2D eigenvalue weighted by Gasteiger charge is -2.38. The zero-order valence-electron chi connectivity index (χ0n) is 10.8. The average Bonchev–Trinajstić information content (AvgIpc) is 2.31. The second-order valence-electron chi connectivity index (χ2n) is 4.97. The molecule has 0 atom stereocenters. The Morgan fingerprint density at radius 2 is 2.11 bits per heavy atom. The summed E-state index contributed by atoms with van der Waals surface area (Å²) in [4.78, 5) is 11.8. The number of nitrogens with one attached hydrogen (secondary N) is 2. The Morgan fingerprint density at radius 3 is 2.68 bits per heavy atom. The summed E-state index contributed by atoms with van der Waals surface area (Å²) >= 11 is 12.1. The topological polar surface area (TPSA) is 50.4 Å². The van der Waals surface area contributed by atoms with E-state index in [1.807, 2.05) is 13.8 Å². The van der Waals surface area contributed by atoms with Gasteiger partial charge in [-0.1, -0.05) is 23.2 Å². The Hall–Kier alpha value is -0.810. The van der Waals surface area contributed by atoms with Gasteiger partial charge in [0.25, 0.3) is 0 Å². The summed E-state index contributed by atoms with van der Waals surface area (Å²) in [5.74, 6) is -0.241. The van der Waals surface area contributed by atoms with Gasteiger partial charge in [-0.25, -0.2) is 0 Å². The lowest BCUT2D eigenvalue weighted by Crippen LogP contribution is -2.59. The molecule has 1 fully saturated rings. The average molecular weight is 303 g/mol. The number of amides is 1. The summed E-state index contributed by atoms with van der Waals surface area (Å²) in [6, 6.07) is 3.36. The minimum atomic E-state index is -0.244. The summed E-state index contributed by atoms with van der Waals surface area (Å²) in [6.45, 7) is 5.34. The summed E-state index contributed by atoms with van der Waals surface area (Å²) in [6.07, 6.45) is 0. The van der Waals surface area contributed by atoms with Gasteiger partial charge in [-0.15, -0.1) is 0 Å². The molecule has 1 aliphatic rings. The molecular formula is C13H16Cl2N2O2. The monoisotopic (exact) mass is 302 g/mol. The number of ether oxygens (including phenoxy) is 1. The molecule has 1 amide bonds. The second kappa shape index (κ2) is 5.67.